The summed E-state index contributed by atoms with van der Waals surface area (Å²) in [6.07, 6.45) is 5.25. The van der Waals surface area contributed by atoms with Gasteiger partial charge in [-0.2, -0.15) is 0 Å². The Bertz CT molecular complexity index is 1160. The van der Waals surface area contributed by atoms with E-state index in [0.717, 1.165) is 31.0 Å². The first-order valence-electron chi connectivity index (χ1n) is 12.4. The molecule has 174 valence electrons. The molecule has 5 heteroatoms. The van der Waals surface area contributed by atoms with E-state index in [1.165, 1.54) is 47.9 Å². The lowest BCUT2D eigenvalue weighted by Gasteiger charge is -2.59. The first kappa shape index (κ1) is 21.3. The molecule has 1 saturated heterocycles. The molecule has 0 bridgehead atoms. The molecular formula is C28H33F2N3. The van der Waals surface area contributed by atoms with Crippen LogP contribution in [0.4, 0.5) is 8.78 Å². The molecule has 2 unspecified atom stereocenters. The van der Waals surface area contributed by atoms with E-state index in [0.29, 0.717) is 11.8 Å². The number of halogens is 2. The fraction of sp³-hybridized carbons (Fsp3) is 0.536. The number of benzene rings is 2. The molecule has 2 aromatic carbocycles. The largest absolute Gasteiger partial charge is 0.331 e. The Labute approximate surface area is 194 Å². The average molecular weight is 450 g/mol. The lowest BCUT2D eigenvalue weighted by atomic mass is 9.61. The van der Waals surface area contributed by atoms with E-state index in [1.807, 2.05) is 6.92 Å². The summed E-state index contributed by atoms with van der Waals surface area (Å²) in [4.78, 5) is 7.11. The van der Waals surface area contributed by atoms with Crippen LogP contribution in [0.3, 0.4) is 0 Å². The monoisotopic (exact) mass is 449 g/mol. The normalized spacial score (nSPS) is 26.3. The van der Waals surface area contributed by atoms with Crippen LogP contribution in [0.2, 0.25) is 0 Å². The number of fused-ring (bicyclic) bond motifs is 1. The number of likely N-dealkylation sites (tertiary alicyclic amines) is 1. The van der Waals surface area contributed by atoms with Gasteiger partial charge >= 0.3 is 0 Å². The van der Waals surface area contributed by atoms with Crippen molar-refractivity contribution < 1.29 is 8.78 Å². The fourth-order valence-corrected chi connectivity index (χ4v) is 6.87. The summed E-state index contributed by atoms with van der Waals surface area (Å²) < 4.78 is 28.7. The maximum Gasteiger partial charge on any atom is 0.249 e. The summed E-state index contributed by atoms with van der Waals surface area (Å²) in [7, 11) is 2.06. The summed E-state index contributed by atoms with van der Waals surface area (Å²) in [5, 5.41) is 0. The van der Waals surface area contributed by atoms with E-state index >= 15 is 0 Å². The van der Waals surface area contributed by atoms with Crippen LogP contribution in [0.1, 0.15) is 55.8 Å². The van der Waals surface area contributed by atoms with Crippen molar-refractivity contribution in [1.29, 1.82) is 0 Å². The second-order valence-corrected chi connectivity index (χ2v) is 11.2. The van der Waals surface area contributed by atoms with Gasteiger partial charge in [-0.25, -0.2) is 13.8 Å². The van der Waals surface area contributed by atoms with Gasteiger partial charge in [0.1, 0.15) is 5.82 Å². The zero-order valence-corrected chi connectivity index (χ0v) is 19.7. The smallest absolute Gasteiger partial charge is 0.249 e. The van der Waals surface area contributed by atoms with Crippen molar-refractivity contribution in [2.24, 2.45) is 18.4 Å². The van der Waals surface area contributed by atoms with Gasteiger partial charge < -0.3 is 9.47 Å². The molecule has 0 radical (unpaired) electrons. The van der Waals surface area contributed by atoms with E-state index in [-0.39, 0.29) is 18.3 Å². The van der Waals surface area contributed by atoms with Crippen LogP contribution in [0.15, 0.2) is 42.5 Å². The first-order chi connectivity index (χ1) is 15.8. The highest BCUT2D eigenvalue weighted by Gasteiger charge is 2.61. The number of aryl methyl sites for hydroxylation is 2. The SMILES string of the molecule is Cc1nc2cc(-c3ccc(C4CCCC(CN5CC6(C5)CC(F)(F)C6)C4)cc3)ccc2n1C. The average Bonchev–Trinajstić information content (AvgIpc) is 3.04. The van der Waals surface area contributed by atoms with Crippen molar-refractivity contribution in [2.45, 2.75) is 57.3 Å². The highest BCUT2D eigenvalue weighted by atomic mass is 19.3. The molecule has 1 spiro atoms. The lowest BCUT2D eigenvalue weighted by molar-refractivity contribution is -0.215. The molecule has 1 aliphatic heterocycles. The molecule has 6 rings (SSSR count). The van der Waals surface area contributed by atoms with Crippen molar-refractivity contribution in [2.75, 3.05) is 19.6 Å². The molecule has 2 saturated carbocycles. The molecule has 3 nitrogen and oxygen atoms in total. The number of imidazole rings is 1. The maximum absolute atomic E-state index is 13.3. The van der Waals surface area contributed by atoms with E-state index in [9.17, 15) is 8.78 Å². The molecule has 1 aromatic heterocycles. The Morgan fingerprint density at radius 3 is 2.45 bits per heavy atom. The van der Waals surface area contributed by atoms with Gasteiger partial charge in [0.2, 0.25) is 5.92 Å². The third kappa shape index (κ3) is 3.88. The van der Waals surface area contributed by atoms with Gasteiger partial charge in [-0.05, 0) is 66.8 Å². The summed E-state index contributed by atoms with van der Waals surface area (Å²) in [5.74, 6) is -0.0576. The molecule has 2 heterocycles. The molecule has 2 aliphatic carbocycles. The Morgan fingerprint density at radius 1 is 1.00 bits per heavy atom. The van der Waals surface area contributed by atoms with Gasteiger partial charge in [0.25, 0.3) is 0 Å². The molecule has 33 heavy (non-hydrogen) atoms. The molecule has 3 aromatic rings. The van der Waals surface area contributed by atoms with Crippen LogP contribution in [-0.4, -0.2) is 40.0 Å². The minimum Gasteiger partial charge on any atom is -0.331 e. The zero-order valence-electron chi connectivity index (χ0n) is 19.7. The van der Waals surface area contributed by atoms with Gasteiger partial charge in [0.05, 0.1) is 11.0 Å². The third-order valence-corrected chi connectivity index (χ3v) is 8.50. The Morgan fingerprint density at radius 2 is 1.73 bits per heavy atom. The van der Waals surface area contributed by atoms with E-state index in [1.54, 1.807) is 0 Å². The summed E-state index contributed by atoms with van der Waals surface area (Å²) in [6, 6.07) is 15.7. The van der Waals surface area contributed by atoms with Crippen molar-refractivity contribution in [3.63, 3.8) is 0 Å². The van der Waals surface area contributed by atoms with Crippen LogP contribution in [0, 0.1) is 18.3 Å². The number of rotatable bonds is 4. The van der Waals surface area contributed by atoms with Gasteiger partial charge in [-0.3, -0.25) is 0 Å². The highest BCUT2D eigenvalue weighted by Crippen LogP contribution is 2.57. The van der Waals surface area contributed by atoms with Crippen molar-refractivity contribution in [3.05, 3.63) is 53.9 Å². The standard InChI is InChI=1S/C28H33F2N3/c1-19-31-25-13-24(10-11-26(25)32(19)2)22-8-6-21(7-9-22)23-5-3-4-20(12-23)14-33-17-27(18-33)15-28(29,30)16-27/h6-11,13,20,23H,3-5,12,14-18H2,1-2H3. The predicted molar refractivity (Wildman–Crippen MR) is 129 cm³/mol. The minimum absolute atomic E-state index is 0.0512. The quantitative estimate of drug-likeness (QED) is 0.450. The minimum atomic E-state index is -2.39. The van der Waals surface area contributed by atoms with E-state index in [2.05, 4.69) is 64.0 Å². The number of hydrogen-bond acceptors (Lipinski definition) is 2. The highest BCUT2D eigenvalue weighted by molar-refractivity contribution is 5.82. The predicted octanol–water partition coefficient (Wildman–Crippen LogP) is 6.55. The Kier molecular flexibility index (Phi) is 4.92. The van der Waals surface area contributed by atoms with Crippen LogP contribution >= 0.6 is 0 Å². The third-order valence-electron chi connectivity index (χ3n) is 8.50. The molecule has 0 amide bonds. The van der Waals surface area contributed by atoms with E-state index < -0.39 is 5.92 Å². The van der Waals surface area contributed by atoms with Crippen LogP contribution < -0.4 is 0 Å². The molecular weight excluding hydrogens is 416 g/mol. The van der Waals surface area contributed by atoms with Gasteiger partial charge in [-0.1, -0.05) is 36.8 Å². The summed E-state index contributed by atoms with van der Waals surface area (Å²) in [6.45, 7) is 4.90. The van der Waals surface area contributed by atoms with Gasteiger partial charge in [-0.15, -0.1) is 0 Å². The maximum atomic E-state index is 13.3. The number of hydrogen-bond donors (Lipinski definition) is 0. The zero-order chi connectivity index (χ0) is 22.8. The van der Waals surface area contributed by atoms with Crippen LogP contribution in [-0.2, 0) is 7.05 Å². The number of nitrogens with zero attached hydrogens (tertiary/aromatic N) is 3. The molecule has 2 atom stereocenters. The van der Waals surface area contributed by atoms with Crippen molar-refractivity contribution >= 4 is 11.0 Å². The lowest BCUT2D eigenvalue weighted by Crippen LogP contribution is -2.66. The Hall–Kier alpha value is -2.27. The fourth-order valence-electron chi connectivity index (χ4n) is 6.87. The number of aromatic nitrogens is 2. The van der Waals surface area contributed by atoms with Crippen molar-refractivity contribution in [1.82, 2.24) is 14.5 Å². The first-order valence-corrected chi connectivity index (χ1v) is 12.4. The summed E-state index contributed by atoms with van der Waals surface area (Å²) >= 11 is 0. The van der Waals surface area contributed by atoms with Crippen LogP contribution in [0.5, 0.6) is 0 Å². The topological polar surface area (TPSA) is 21.1 Å². The molecule has 3 fully saturated rings. The van der Waals surface area contributed by atoms with Gasteiger partial charge in [0.15, 0.2) is 0 Å². The Balaban J connectivity index is 1.09. The van der Waals surface area contributed by atoms with E-state index in [4.69, 9.17) is 0 Å². The van der Waals surface area contributed by atoms with Crippen LogP contribution in [0.25, 0.3) is 22.2 Å². The number of alkyl halides is 2. The van der Waals surface area contributed by atoms with Gasteiger partial charge in [0, 0.05) is 44.9 Å². The summed E-state index contributed by atoms with van der Waals surface area (Å²) in [5.41, 5.74) is 6.05. The second kappa shape index (κ2) is 7.63. The second-order valence-electron chi connectivity index (χ2n) is 11.2. The molecule has 0 N–H and O–H groups in total. The molecule has 3 aliphatic rings. The van der Waals surface area contributed by atoms with Crippen molar-refractivity contribution in [3.8, 4) is 11.1 Å².